The van der Waals surface area contributed by atoms with Crippen molar-refractivity contribution >= 4 is 27.6 Å². The van der Waals surface area contributed by atoms with Crippen LogP contribution in [0, 0.1) is 0 Å². The van der Waals surface area contributed by atoms with Crippen LogP contribution in [-0.4, -0.2) is 41.2 Å². The predicted molar refractivity (Wildman–Crippen MR) is 126 cm³/mol. The molecule has 6 heterocycles. The van der Waals surface area contributed by atoms with Crippen molar-refractivity contribution in [1.82, 2.24) is 35.1 Å². The molecule has 0 aliphatic rings. The summed E-state index contributed by atoms with van der Waals surface area (Å²) in [6.45, 7) is 4.19. The van der Waals surface area contributed by atoms with Gasteiger partial charge in [-0.05, 0) is 32.0 Å². The Morgan fingerprint density at radius 2 is 1.88 bits per heavy atom. The quantitative estimate of drug-likeness (QED) is 0.346. The van der Waals surface area contributed by atoms with Crippen molar-refractivity contribution in [3.8, 4) is 33.9 Å². The first kappa shape index (κ1) is 19.2. The Hall–Kier alpha value is -4.53. The largest absolute Gasteiger partial charge is 0.472 e. The number of aromatic nitrogens is 7. The minimum Gasteiger partial charge on any atom is -0.472 e. The van der Waals surface area contributed by atoms with E-state index in [9.17, 15) is 0 Å². The van der Waals surface area contributed by atoms with Crippen LogP contribution in [0.4, 0.5) is 5.69 Å². The number of imidazole rings is 1. The van der Waals surface area contributed by atoms with Gasteiger partial charge in [0.15, 0.2) is 5.82 Å². The van der Waals surface area contributed by atoms with Gasteiger partial charge in [-0.1, -0.05) is 0 Å². The van der Waals surface area contributed by atoms with E-state index in [1.54, 1.807) is 31.1 Å². The standard InChI is InChI=1S/C24H20N8O/c1-13(2)28-16-5-15(7-25-8-16)19-6-17-20(11-27-19)31-32-23(17)24-29-21-10-26-9-18(22(21)30-24)14-3-4-33-12-14/h3-13,28H,1-2H3,(H,29,30)(H,31,32). The number of nitrogens with zero attached hydrogens (tertiary/aromatic N) is 5. The van der Waals surface area contributed by atoms with Crippen LogP contribution in [0.5, 0.6) is 0 Å². The van der Waals surface area contributed by atoms with Crippen molar-refractivity contribution in [2.45, 2.75) is 19.9 Å². The van der Waals surface area contributed by atoms with Gasteiger partial charge in [0.1, 0.15) is 11.2 Å². The maximum absolute atomic E-state index is 5.24. The van der Waals surface area contributed by atoms with E-state index in [1.807, 2.05) is 30.6 Å². The lowest BCUT2D eigenvalue weighted by Crippen LogP contribution is -2.09. The molecule has 0 saturated heterocycles. The average molecular weight is 436 g/mol. The Balaban J connectivity index is 1.45. The highest BCUT2D eigenvalue weighted by molar-refractivity contribution is 5.97. The third-order valence-corrected chi connectivity index (χ3v) is 5.39. The zero-order chi connectivity index (χ0) is 22.4. The molecule has 33 heavy (non-hydrogen) atoms. The van der Waals surface area contributed by atoms with E-state index in [0.29, 0.717) is 17.6 Å². The lowest BCUT2D eigenvalue weighted by molar-refractivity contribution is 0.568. The van der Waals surface area contributed by atoms with Crippen molar-refractivity contribution in [2.75, 3.05) is 5.32 Å². The van der Waals surface area contributed by atoms with Gasteiger partial charge in [0.05, 0.1) is 47.3 Å². The molecular weight excluding hydrogens is 416 g/mol. The van der Waals surface area contributed by atoms with E-state index in [1.165, 1.54) is 0 Å². The highest BCUT2D eigenvalue weighted by atomic mass is 16.3. The van der Waals surface area contributed by atoms with E-state index in [0.717, 1.165) is 50.0 Å². The van der Waals surface area contributed by atoms with Crippen LogP contribution in [0.2, 0.25) is 0 Å². The number of hydrogen-bond acceptors (Lipinski definition) is 7. The van der Waals surface area contributed by atoms with Crippen LogP contribution in [0.15, 0.2) is 66.1 Å². The van der Waals surface area contributed by atoms with Gasteiger partial charge in [0.2, 0.25) is 0 Å². The van der Waals surface area contributed by atoms with Crippen molar-refractivity contribution < 1.29 is 4.42 Å². The lowest BCUT2D eigenvalue weighted by Gasteiger charge is -2.10. The van der Waals surface area contributed by atoms with Crippen LogP contribution in [0.25, 0.3) is 55.8 Å². The highest BCUT2D eigenvalue weighted by Crippen LogP contribution is 2.32. The van der Waals surface area contributed by atoms with Gasteiger partial charge in [-0.25, -0.2) is 4.98 Å². The van der Waals surface area contributed by atoms with Crippen LogP contribution in [0.3, 0.4) is 0 Å². The topological polar surface area (TPSA) is 121 Å². The lowest BCUT2D eigenvalue weighted by atomic mass is 10.1. The normalized spacial score (nSPS) is 11.6. The summed E-state index contributed by atoms with van der Waals surface area (Å²) in [5, 5.41) is 11.9. The smallest absolute Gasteiger partial charge is 0.159 e. The fraction of sp³-hybridized carbons (Fsp3) is 0.125. The molecule has 0 spiro atoms. The van der Waals surface area contributed by atoms with Gasteiger partial charge in [0.25, 0.3) is 0 Å². The second-order valence-electron chi connectivity index (χ2n) is 8.13. The number of hydrogen-bond donors (Lipinski definition) is 3. The molecule has 3 N–H and O–H groups in total. The Morgan fingerprint density at radius 1 is 0.970 bits per heavy atom. The monoisotopic (exact) mass is 436 g/mol. The minimum absolute atomic E-state index is 0.312. The molecule has 0 aliphatic carbocycles. The zero-order valence-corrected chi connectivity index (χ0v) is 18.0. The SMILES string of the molecule is CC(C)Nc1cncc(-c2cc3c(-c4nc5c(-c6ccoc6)cncc5[nH]4)n[nH]c3cn2)c1. The molecule has 9 nitrogen and oxygen atoms in total. The molecule has 6 rings (SSSR count). The van der Waals surface area contributed by atoms with Gasteiger partial charge in [-0.3, -0.25) is 20.1 Å². The Kier molecular flexibility index (Phi) is 4.39. The van der Waals surface area contributed by atoms with Gasteiger partial charge in [-0.15, -0.1) is 0 Å². The molecule has 0 aromatic carbocycles. The second kappa shape index (κ2) is 7.56. The number of pyridine rings is 3. The van der Waals surface area contributed by atoms with Crippen LogP contribution >= 0.6 is 0 Å². The molecule has 0 amide bonds. The summed E-state index contributed by atoms with van der Waals surface area (Å²) >= 11 is 0. The molecule has 0 atom stereocenters. The molecule has 162 valence electrons. The maximum atomic E-state index is 5.24. The Bertz CT molecular complexity index is 1580. The van der Waals surface area contributed by atoms with Gasteiger partial charge < -0.3 is 14.7 Å². The van der Waals surface area contributed by atoms with Crippen LogP contribution < -0.4 is 5.32 Å². The molecule has 6 aromatic heterocycles. The highest BCUT2D eigenvalue weighted by Gasteiger charge is 2.17. The molecule has 0 fully saturated rings. The number of H-pyrrole nitrogens is 2. The summed E-state index contributed by atoms with van der Waals surface area (Å²) in [6, 6.07) is 6.26. The summed E-state index contributed by atoms with van der Waals surface area (Å²) in [5.41, 5.74) is 7.67. The average Bonchev–Trinajstić information content (AvgIpc) is 3.57. The molecule has 0 unspecified atom stereocenters. The van der Waals surface area contributed by atoms with Gasteiger partial charge in [-0.2, -0.15) is 5.10 Å². The Morgan fingerprint density at radius 3 is 2.73 bits per heavy atom. The summed E-state index contributed by atoms with van der Waals surface area (Å²) in [6.07, 6.45) is 12.3. The second-order valence-corrected chi connectivity index (χ2v) is 8.13. The number of aromatic amines is 2. The van der Waals surface area contributed by atoms with E-state index in [2.05, 4.69) is 49.3 Å². The first-order valence-electron chi connectivity index (χ1n) is 10.6. The van der Waals surface area contributed by atoms with E-state index in [-0.39, 0.29) is 0 Å². The number of nitrogens with one attached hydrogen (secondary N) is 3. The molecule has 6 aromatic rings. The zero-order valence-electron chi connectivity index (χ0n) is 18.0. The maximum Gasteiger partial charge on any atom is 0.159 e. The van der Waals surface area contributed by atoms with Gasteiger partial charge in [0, 0.05) is 46.7 Å². The van der Waals surface area contributed by atoms with Crippen molar-refractivity contribution in [2.24, 2.45) is 0 Å². The van der Waals surface area contributed by atoms with E-state index < -0.39 is 0 Å². The number of furan rings is 1. The molecule has 0 bridgehead atoms. The van der Waals surface area contributed by atoms with Crippen molar-refractivity contribution in [1.29, 1.82) is 0 Å². The van der Waals surface area contributed by atoms with E-state index in [4.69, 9.17) is 9.40 Å². The first-order valence-corrected chi connectivity index (χ1v) is 10.6. The van der Waals surface area contributed by atoms with Crippen molar-refractivity contribution in [3.63, 3.8) is 0 Å². The third kappa shape index (κ3) is 3.39. The molecular formula is C24H20N8O. The fourth-order valence-corrected chi connectivity index (χ4v) is 3.92. The van der Waals surface area contributed by atoms with Crippen molar-refractivity contribution in [3.05, 3.63) is 61.7 Å². The van der Waals surface area contributed by atoms with Crippen LogP contribution in [-0.2, 0) is 0 Å². The van der Waals surface area contributed by atoms with Gasteiger partial charge >= 0.3 is 0 Å². The number of anilines is 1. The molecule has 0 aliphatic heterocycles. The van der Waals surface area contributed by atoms with E-state index >= 15 is 0 Å². The third-order valence-electron chi connectivity index (χ3n) is 5.39. The number of fused-ring (bicyclic) bond motifs is 2. The van der Waals surface area contributed by atoms with Crippen LogP contribution in [0.1, 0.15) is 13.8 Å². The first-order chi connectivity index (χ1) is 16.2. The molecule has 0 saturated carbocycles. The minimum atomic E-state index is 0.312. The summed E-state index contributed by atoms with van der Waals surface area (Å²) < 4.78 is 5.24. The number of rotatable bonds is 5. The Labute approximate surface area is 188 Å². The predicted octanol–water partition coefficient (Wildman–Crippen LogP) is 5.04. The fourth-order valence-electron chi connectivity index (χ4n) is 3.92. The summed E-state index contributed by atoms with van der Waals surface area (Å²) in [7, 11) is 0. The molecule has 0 radical (unpaired) electrons. The summed E-state index contributed by atoms with van der Waals surface area (Å²) in [5.74, 6) is 0.652. The summed E-state index contributed by atoms with van der Waals surface area (Å²) in [4.78, 5) is 21.5. The molecule has 9 heteroatoms.